The van der Waals surface area contributed by atoms with Gasteiger partial charge in [0.1, 0.15) is 16.7 Å². The molecule has 0 saturated carbocycles. The summed E-state index contributed by atoms with van der Waals surface area (Å²) in [6.45, 7) is 4.77. The molecule has 0 spiro atoms. The largest absolute Gasteiger partial charge is 0.396 e. The highest BCUT2D eigenvalue weighted by atomic mass is 32.2. The molecule has 0 saturated heterocycles. The Balaban J connectivity index is 2.06. The maximum absolute atomic E-state index is 13.6. The first kappa shape index (κ1) is 18.6. The fourth-order valence-corrected chi connectivity index (χ4v) is 3.94. The molecule has 4 nitrogen and oxygen atoms in total. The van der Waals surface area contributed by atoms with E-state index in [1.165, 1.54) is 23.9 Å². The number of aromatic nitrogens is 3. The second-order valence-corrected chi connectivity index (χ2v) is 7.38. The van der Waals surface area contributed by atoms with E-state index in [1.807, 2.05) is 24.3 Å². The normalized spacial score (nSPS) is 11.3. The Morgan fingerprint density at radius 1 is 1.19 bits per heavy atom. The van der Waals surface area contributed by atoms with E-state index < -0.39 is 0 Å². The number of pyridine rings is 1. The number of rotatable bonds is 7. The standard InChI is InChI=1S/C20H22FN3OS/c1-14(2)19-20(26-17-8-5-6-15(21)12-17)24(18(23-19)9-11-25)13-16-7-3-4-10-22-16/h3-8,10,12,14,25H,9,11,13H2,1-2H3. The van der Waals surface area contributed by atoms with Gasteiger partial charge in [0.2, 0.25) is 0 Å². The maximum Gasteiger partial charge on any atom is 0.124 e. The number of hydrogen-bond donors (Lipinski definition) is 1. The van der Waals surface area contributed by atoms with Gasteiger partial charge < -0.3 is 9.67 Å². The highest BCUT2D eigenvalue weighted by Crippen LogP contribution is 2.35. The number of imidazole rings is 1. The van der Waals surface area contributed by atoms with E-state index in [1.54, 1.807) is 12.3 Å². The molecule has 1 aromatic carbocycles. The van der Waals surface area contributed by atoms with Gasteiger partial charge in [0.05, 0.1) is 24.5 Å². The summed E-state index contributed by atoms with van der Waals surface area (Å²) in [6, 6.07) is 12.4. The topological polar surface area (TPSA) is 50.9 Å². The molecule has 0 aliphatic rings. The molecule has 3 aromatic rings. The van der Waals surface area contributed by atoms with Crippen LogP contribution in [-0.2, 0) is 13.0 Å². The molecule has 0 fully saturated rings. The van der Waals surface area contributed by atoms with Gasteiger partial charge in [0, 0.05) is 17.5 Å². The third-order valence-corrected chi connectivity index (χ3v) is 5.08. The number of aliphatic hydroxyl groups excluding tert-OH is 1. The van der Waals surface area contributed by atoms with E-state index in [9.17, 15) is 9.50 Å². The number of nitrogens with zero attached hydrogens (tertiary/aromatic N) is 3. The van der Waals surface area contributed by atoms with E-state index in [0.29, 0.717) is 13.0 Å². The Morgan fingerprint density at radius 2 is 2.04 bits per heavy atom. The van der Waals surface area contributed by atoms with E-state index in [0.717, 1.165) is 27.1 Å². The lowest BCUT2D eigenvalue weighted by atomic mass is 10.1. The van der Waals surface area contributed by atoms with Crippen molar-refractivity contribution in [3.8, 4) is 0 Å². The molecule has 3 rings (SSSR count). The zero-order chi connectivity index (χ0) is 18.5. The minimum absolute atomic E-state index is 0.0286. The zero-order valence-corrected chi connectivity index (χ0v) is 15.7. The molecule has 0 aliphatic heterocycles. The van der Waals surface area contributed by atoms with Crippen LogP contribution in [0, 0.1) is 5.82 Å². The van der Waals surface area contributed by atoms with Crippen LogP contribution >= 0.6 is 11.8 Å². The maximum atomic E-state index is 13.6. The quantitative estimate of drug-likeness (QED) is 0.674. The second kappa shape index (κ2) is 8.47. The monoisotopic (exact) mass is 371 g/mol. The highest BCUT2D eigenvalue weighted by Gasteiger charge is 2.21. The van der Waals surface area contributed by atoms with Crippen molar-refractivity contribution in [2.24, 2.45) is 0 Å². The minimum Gasteiger partial charge on any atom is -0.396 e. The summed E-state index contributed by atoms with van der Waals surface area (Å²) in [6.07, 6.45) is 2.23. The van der Waals surface area contributed by atoms with Crippen LogP contribution < -0.4 is 0 Å². The molecule has 6 heteroatoms. The Bertz CT molecular complexity index is 865. The molecule has 2 aromatic heterocycles. The minimum atomic E-state index is -0.257. The smallest absolute Gasteiger partial charge is 0.124 e. The first-order valence-electron chi connectivity index (χ1n) is 8.62. The van der Waals surface area contributed by atoms with Crippen LogP contribution in [0.2, 0.25) is 0 Å². The van der Waals surface area contributed by atoms with Crippen molar-refractivity contribution in [1.82, 2.24) is 14.5 Å². The van der Waals surface area contributed by atoms with Crippen molar-refractivity contribution in [1.29, 1.82) is 0 Å². The summed E-state index contributed by atoms with van der Waals surface area (Å²) < 4.78 is 15.7. The zero-order valence-electron chi connectivity index (χ0n) is 14.9. The lowest BCUT2D eigenvalue weighted by Crippen LogP contribution is -2.09. The molecule has 136 valence electrons. The Kier molecular flexibility index (Phi) is 6.06. The molecule has 0 unspecified atom stereocenters. The number of benzene rings is 1. The van der Waals surface area contributed by atoms with E-state index in [4.69, 9.17) is 4.98 Å². The summed E-state index contributed by atoms with van der Waals surface area (Å²) in [7, 11) is 0. The van der Waals surface area contributed by atoms with Crippen LogP contribution in [0.1, 0.15) is 37.0 Å². The summed E-state index contributed by atoms with van der Waals surface area (Å²) in [4.78, 5) is 10.0. The third kappa shape index (κ3) is 4.31. The van der Waals surface area contributed by atoms with Gasteiger partial charge in [-0.1, -0.05) is 37.7 Å². The number of hydrogen-bond acceptors (Lipinski definition) is 4. The SMILES string of the molecule is CC(C)c1nc(CCO)n(Cc2ccccn2)c1Sc1cccc(F)c1. The average molecular weight is 371 g/mol. The van der Waals surface area contributed by atoms with Crippen molar-refractivity contribution in [3.63, 3.8) is 0 Å². The molecule has 1 N–H and O–H groups in total. The van der Waals surface area contributed by atoms with Crippen LogP contribution in [-0.4, -0.2) is 26.2 Å². The van der Waals surface area contributed by atoms with Crippen LogP contribution in [0.4, 0.5) is 4.39 Å². The summed E-state index contributed by atoms with van der Waals surface area (Å²) >= 11 is 1.50. The van der Waals surface area contributed by atoms with Gasteiger partial charge in [-0.3, -0.25) is 4.98 Å². The Labute approximate surface area is 157 Å². The summed E-state index contributed by atoms with van der Waals surface area (Å²) in [5.74, 6) is 0.779. The van der Waals surface area contributed by atoms with E-state index in [-0.39, 0.29) is 18.3 Å². The van der Waals surface area contributed by atoms with Crippen molar-refractivity contribution in [2.45, 2.75) is 42.7 Å². The lowest BCUT2D eigenvalue weighted by molar-refractivity contribution is 0.294. The lowest BCUT2D eigenvalue weighted by Gasteiger charge is -2.13. The van der Waals surface area contributed by atoms with Crippen LogP contribution in [0.3, 0.4) is 0 Å². The number of aliphatic hydroxyl groups is 1. The third-order valence-electron chi connectivity index (χ3n) is 3.96. The van der Waals surface area contributed by atoms with Gasteiger partial charge in [-0.25, -0.2) is 9.37 Å². The van der Waals surface area contributed by atoms with Gasteiger partial charge in [-0.05, 0) is 36.2 Å². The predicted molar refractivity (Wildman–Crippen MR) is 101 cm³/mol. The predicted octanol–water partition coefficient (Wildman–Crippen LogP) is 4.27. The van der Waals surface area contributed by atoms with Gasteiger partial charge in [-0.15, -0.1) is 0 Å². The van der Waals surface area contributed by atoms with E-state index >= 15 is 0 Å². The molecule has 0 radical (unpaired) electrons. The fourth-order valence-electron chi connectivity index (χ4n) is 2.74. The van der Waals surface area contributed by atoms with Gasteiger partial charge in [0.15, 0.2) is 0 Å². The molecular formula is C20H22FN3OS. The summed E-state index contributed by atoms with van der Waals surface area (Å²) in [5.41, 5.74) is 1.87. The van der Waals surface area contributed by atoms with Crippen molar-refractivity contribution < 1.29 is 9.50 Å². The van der Waals surface area contributed by atoms with Crippen LogP contribution in [0.15, 0.2) is 58.6 Å². The van der Waals surface area contributed by atoms with Gasteiger partial charge in [0.25, 0.3) is 0 Å². The van der Waals surface area contributed by atoms with Crippen molar-refractivity contribution in [2.75, 3.05) is 6.61 Å². The van der Waals surface area contributed by atoms with Gasteiger partial charge in [-0.2, -0.15) is 0 Å². The number of halogens is 1. The Morgan fingerprint density at radius 3 is 2.69 bits per heavy atom. The van der Waals surface area contributed by atoms with Crippen LogP contribution in [0.25, 0.3) is 0 Å². The van der Waals surface area contributed by atoms with Crippen molar-refractivity contribution in [3.05, 3.63) is 71.7 Å². The molecule has 0 aliphatic carbocycles. The molecule has 0 atom stereocenters. The van der Waals surface area contributed by atoms with Crippen LogP contribution in [0.5, 0.6) is 0 Å². The van der Waals surface area contributed by atoms with Gasteiger partial charge >= 0.3 is 0 Å². The molecule has 26 heavy (non-hydrogen) atoms. The van der Waals surface area contributed by atoms with E-state index in [2.05, 4.69) is 23.4 Å². The molecule has 0 bridgehead atoms. The molecular weight excluding hydrogens is 349 g/mol. The highest BCUT2D eigenvalue weighted by molar-refractivity contribution is 7.99. The average Bonchev–Trinajstić information content (AvgIpc) is 2.94. The Hall–Kier alpha value is -2.18. The molecule has 2 heterocycles. The second-order valence-electron chi connectivity index (χ2n) is 6.31. The summed E-state index contributed by atoms with van der Waals surface area (Å²) in [5, 5.41) is 10.4. The first-order valence-corrected chi connectivity index (χ1v) is 9.43. The molecule has 0 amide bonds. The van der Waals surface area contributed by atoms with Crippen molar-refractivity contribution >= 4 is 11.8 Å². The first-order chi connectivity index (χ1) is 12.6. The fraction of sp³-hybridized carbons (Fsp3) is 0.300.